The first-order valence-electron chi connectivity index (χ1n) is 5.20. The Labute approximate surface area is 103 Å². The number of carbonyl (C=O) groups is 1. The first kappa shape index (κ1) is 12.0. The molecule has 5 heteroatoms. The Morgan fingerprint density at radius 2 is 2.18 bits per heavy atom. The van der Waals surface area contributed by atoms with Crippen LogP contribution in [0.5, 0.6) is 0 Å². The van der Waals surface area contributed by atoms with Crippen LogP contribution in [0.2, 0.25) is 0 Å². The number of rotatable bonds is 5. The minimum atomic E-state index is -0.224. The van der Waals surface area contributed by atoms with E-state index in [9.17, 15) is 4.79 Å². The monoisotopic (exact) mass is 251 g/mol. The van der Waals surface area contributed by atoms with Gasteiger partial charge in [0.2, 0.25) is 0 Å². The summed E-state index contributed by atoms with van der Waals surface area (Å²) >= 11 is 1.54. The zero-order valence-electron chi connectivity index (χ0n) is 9.43. The highest BCUT2D eigenvalue weighted by molar-refractivity contribution is 7.17. The van der Waals surface area contributed by atoms with E-state index in [2.05, 4.69) is 5.48 Å². The number of hydroxylamine groups is 1. The van der Waals surface area contributed by atoms with E-state index in [1.807, 2.05) is 29.6 Å². The van der Waals surface area contributed by atoms with Crippen molar-refractivity contribution in [2.75, 3.05) is 20.3 Å². The summed E-state index contributed by atoms with van der Waals surface area (Å²) in [4.78, 5) is 16.8. The first-order chi connectivity index (χ1) is 8.33. The summed E-state index contributed by atoms with van der Waals surface area (Å²) < 4.78 is 5.90. The number of methoxy groups -OCH3 is 1. The van der Waals surface area contributed by atoms with Gasteiger partial charge in [0.05, 0.1) is 18.8 Å². The molecular formula is C12H13NO3S. The van der Waals surface area contributed by atoms with Crippen LogP contribution < -0.4 is 5.48 Å². The lowest BCUT2D eigenvalue weighted by atomic mass is 10.2. The highest BCUT2D eigenvalue weighted by atomic mass is 32.1. The third-order valence-electron chi connectivity index (χ3n) is 2.28. The third-order valence-corrected chi connectivity index (χ3v) is 3.24. The van der Waals surface area contributed by atoms with Gasteiger partial charge in [-0.3, -0.25) is 9.63 Å². The van der Waals surface area contributed by atoms with Gasteiger partial charge in [-0.25, -0.2) is 5.48 Å². The fourth-order valence-corrected chi connectivity index (χ4v) is 2.39. The Morgan fingerprint density at radius 3 is 3.00 bits per heavy atom. The van der Waals surface area contributed by atoms with Gasteiger partial charge in [0.25, 0.3) is 5.91 Å². The van der Waals surface area contributed by atoms with Gasteiger partial charge in [-0.15, -0.1) is 11.3 Å². The fourth-order valence-electron chi connectivity index (χ4n) is 1.45. The first-order valence-corrected chi connectivity index (χ1v) is 6.08. The molecular weight excluding hydrogens is 238 g/mol. The molecule has 0 aliphatic rings. The SMILES string of the molecule is COCCONC(=O)c1csc2ccccc12. The van der Waals surface area contributed by atoms with E-state index in [1.165, 1.54) is 0 Å². The molecule has 0 saturated carbocycles. The molecule has 0 aliphatic heterocycles. The van der Waals surface area contributed by atoms with E-state index in [0.29, 0.717) is 18.8 Å². The summed E-state index contributed by atoms with van der Waals surface area (Å²) in [5, 5.41) is 2.78. The number of amides is 1. The topological polar surface area (TPSA) is 47.6 Å². The number of nitrogens with one attached hydrogen (secondary N) is 1. The molecule has 0 saturated heterocycles. The molecule has 0 atom stereocenters. The van der Waals surface area contributed by atoms with Gasteiger partial charge in [-0.2, -0.15) is 0 Å². The summed E-state index contributed by atoms with van der Waals surface area (Å²) in [6, 6.07) is 7.78. The molecule has 0 radical (unpaired) electrons. The van der Waals surface area contributed by atoms with Crippen molar-refractivity contribution in [3.63, 3.8) is 0 Å². The van der Waals surface area contributed by atoms with Crippen molar-refractivity contribution in [3.8, 4) is 0 Å². The summed E-state index contributed by atoms with van der Waals surface area (Å²) in [6.07, 6.45) is 0. The second-order valence-corrected chi connectivity index (χ2v) is 4.33. The van der Waals surface area contributed by atoms with Crippen LogP contribution in [0.15, 0.2) is 29.6 Å². The Bertz CT molecular complexity index is 509. The van der Waals surface area contributed by atoms with E-state index in [4.69, 9.17) is 9.57 Å². The van der Waals surface area contributed by atoms with Crippen molar-refractivity contribution in [2.45, 2.75) is 0 Å². The zero-order valence-corrected chi connectivity index (χ0v) is 10.3. The maximum Gasteiger partial charge on any atom is 0.276 e. The predicted octanol–water partition coefficient (Wildman–Crippen LogP) is 2.21. The van der Waals surface area contributed by atoms with Gasteiger partial charge in [0.15, 0.2) is 0 Å². The minimum Gasteiger partial charge on any atom is -0.382 e. The van der Waals surface area contributed by atoms with Crippen LogP contribution in [0, 0.1) is 0 Å². The molecule has 0 bridgehead atoms. The van der Waals surface area contributed by atoms with Crippen molar-refractivity contribution < 1.29 is 14.4 Å². The number of ether oxygens (including phenoxy) is 1. The maximum atomic E-state index is 11.8. The molecule has 0 fully saturated rings. The van der Waals surface area contributed by atoms with Crippen LogP contribution in [0.25, 0.3) is 10.1 Å². The van der Waals surface area contributed by atoms with E-state index >= 15 is 0 Å². The van der Waals surface area contributed by atoms with Crippen LogP contribution in [0.3, 0.4) is 0 Å². The fraction of sp³-hybridized carbons (Fsp3) is 0.250. The van der Waals surface area contributed by atoms with Crippen molar-refractivity contribution in [2.24, 2.45) is 0 Å². The molecule has 1 N–H and O–H groups in total. The summed E-state index contributed by atoms with van der Waals surface area (Å²) in [7, 11) is 1.58. The van der Waals surface area contributed by atoms with Crippen molar-refractivity contribution in [1.82, 2.24) is 5.48 Å². The number of carbonyl (C=O) groups excluding carboxylic acids is 1. The van der Waals surface area contributed by atoms with Crippen molar-refractivity contribution >= 4 is 27.3 Å². The lowest BCUT2D eigenvalue weighted by molar-refractivity contribution is 0.00902. The standard InChI is InChI=1S/C12H13NO3S/c1-15-6-7-16-13-12(14)10-8-17-11-5-3-2-4-9(10)11/h2-5,8H,6-7H2,1H3,(H,13,14). The van der Waals surface area contributed by atoms with Gasteiger partial charge >= 0.3 is 0 Å². The largest absolute Gasteiger partial charge is 0.382 e. The normalized spacial score (nSPS) is 10.6. The molecule has 0 aliphatic carbocycles. The van der Waals surface area contributed by atoms with Gasteiger partial charge < -0.3 is 4.74 Å². The predicted molar refractivity (Wildman–Crippen MR) is 67.1 cm³/mol. The molecule has 1 aromatic heterocycles. The van der Waals surface area contributed by atoms with Gasteiger partial charge in [0, 0.05) is 22.6 Å². The number of benzene rings is 1. The molecule has 90 valence electrons. The summed E-state index contributed by atoms with van der Waals surface area (Å²) in [6.45, 7) is 0.787. The number of hydrogen-bond donors (Lipinski definition) is 1. The second-order valence-electron chi connectivity index (χ2n) is 3.42. The maximum absolute atomic E-state index is 11.8. The third kappa shape index (κ3) is 2.82. The Morgan fingerprint density at radius 1 is 1.35 bits per heavy atom. The lowest BCUT2D eigenvalue weighted by Crippen LogP contribution is -2.25. The number of fused-ring (bicyclic) bond motifs is 1. The molecule has 1 aromatic carbocycles. The number of thiophene rings is 1. The van der Waals surface area contributed by atoms with E-state index in [0.717, 1.165) is 10.1 Å². The van der Waals surface area contributed by atoms with Gasteiger partial charge in [-0.05, 0) is 6.07 Å². The molecule has 0 unspecified atom stereocenters. The van der Waals surface area contributed by atoms with Crippen LogP contribution in [-0.4, -0.2) is 26.2 Å². The molecule has 2 aromatic rings. The highest BCUT2D eigenvalue weighted by Gasteiger charge is 2.11. The van der Waals surface area contributed by atoms with Crippen LogP contribution >= 0.6 is 11.3 Å². The molecule has 17 heavy (non-hydrogen) atoms. The van der Waals surface area contributed by atoms with E-state index in [-0.39, 0.29) is 5.91 Å². The lowest BCUT2D eigenvalue weighted by Gasteiger charge is -2.04. The van der Waals surface area contributed by atoms with Gasteiger partial charge in [-0.1, -0.05) is 18.2 Å². The Balaban J connectivity index is 2.04. The van der Waals surface area contributed by atoms with Crippen LogP contribution in [0.4, 0.5) is 0 Å². The van der Waals surface area contributed by atoms with Crippen LogP contribution in [-0.2, 0) is 9.57 Å². The molecule has 0 spiro atoms. The van der Waals surface area contributed by atoms with Crippen molar-refractivity contribution in [1.29, 1.82) is 0 Å². The second kappa shape index (κ2) is 5.77. The zero-order chi connectivity index (χ0) is 12.1. The molecule has 1 heterocycles. The number of hydrogen-bond acceptors (Lipinski definition) is 4. The average molecular weight is 251 g/mol. The molecule has 2 rings (SSSR count). The Kier molecular flexibility index (Phi) is 4.08. The van der Waals surface area contributed by atoms with Crippen LogP contribution in [0.1, 0.15) is 10.4 Å². The van der Waals surface area contributed by atoms with E-state index < -0.39 is 0 Å². The average Bonchev–Trinajstić information content (AvgIpc) is 2.78. The summed E-state index contributed by atoms with van der Waals surface area (Å²) in [5.41, 5.74) is 3.04. The quantitative estimate of drug-likeness (QED) is 0.654. The van der Waals surface area contributed by atoms with Crippen molar-refractivity contribution in [3.05, 3.63) is 35.2 Å². The van der Waals surface area contributed by atoms with Gasteiger partial charge in [0.1, 0.15) is 0 Å². The molecule has 4 nitrogen and oxygen atoms in total. The molecule has 1 amide bonds. The Hall–Kier alpha value is -1.43. The minimum absolute atomic E-state index is 0.224. The van der Waals surface area contributed by atoms with E-state index in [1.54, 1.807) is 18.4 Å². The smallest absolute Gasteiger partial charge is 0.276 e. The highest BCUT2D eigenvalue weighted by Crippen LogP contribution is 2.25. The summed E-state index contributed by atoms with van der Waals surface area (Å²) in [5.74, 6) is -0.224.